The molecule has 0 saturated heterocycles. The minimum atomic E-state index is -0.734. The maximum Gasteiger partial charge on any atom is 0.0393 e. The van der Waals surface area contributed by atoms with Gasteiger partial charge < -0.3 is 5.73 Å². The Morgan fingerprint density at radius 2 is 1.86 bits per heavy atom. The van der Waals surface area contributed by atoms with Crippen molar-refractivity contribution in [1.29, 1.82) is 0 Å². The van der Waals surface area contributed by atoms with Crippen LogP contribution in [-0.2, 0) is 10.8 Å². The third-order valence-electron chi connectivity index (χ3n) is 3.02. The summed E-state index contributed by atoms with van der Waals surface area (Å²) in [5, 5.41) is 0.341. The zero-order valence-corrected chi connectivity index (χ0v) is 10.4. The van der Waals surface area contributed by atoms with E-state index in [1.54, 1.807) is 0 Å². The van der Waals surface area contributed by atoms with Crippen LogP contribution in [0.5, 0.6) is 0 Å². The van der Waals surface area contributed by atoms with Gasteiger partial charge >= 0.3 is 0 Å². The molecule has 0 radical (unpaired) electrons. The van der Waals surface area contributed by atoms with Crippen LogP contribution in [0.15, 0.2) is 0 Å². The van der Waals surface area contributed by atoms with E-state index < -0.39 is 10.8 Å². The first kappa shape index (κ1) is 12.2. The van der Waals surface area contributed by atoms with Crippen molar-refractivity contribution in [3.8, 4) is 0 Å². The van der Waals surface area contributed by atoms with Crippen molar-refractivity contribution in [3.05, 3.63) is 0 Å². The molecule has 0 aromatic rings. The molecule has 14 heavy (non-hydrogen) atoms. The topological polar surface area (TPSA) is 43.1 Å². The second-order valence-corrected chi connectivity index (χ2v) is 7.65. The van der Waals surface area contributed by atoms with Crippen LogP contribution in [0.3, 0.4) is 0 Å². The summed E-state index contributed by atoms with van der Waals surface area (Å²) in [6, 6.07) is 0. The van der Waals surface area contributed by atoms with Gasteiger partial charge in [0.1, 0.15) is 0 Å². The Labute approximate surface area is 90.1 Å². The van der Waals surface area contributed by atoms with Crippen LogP contribution in [0.4, 0.5) is 0 Å². The normalized spacial score (nSPS) is 31.4. The standard InChI is InChI=1S/C11H23NOS/c1-11(2,3)14(13)10-7-5-4-6-9(10)8-12/h9-10H,4-8,12H2,1-3H3. The van der Waals surface area contributed by atoms with Crippen molar-refractivity contribution < 1.29 is 4.21 Å². The Balaban J connectivity index is 2.69. The molecule has 0 bridgehead atoms. The molecule has 1 rings (SSSR count). The van der Waals surface area contributed by atoms with Crippen molar-refractivity contribution in [3.63, 3.8) is 0 Å². The number of rotatable bonds is 2. The molecule has 1 fully saturated rings. The Hall–Kier alpha value is 0.110. The van der Waals surface area contributed by atoms with Crippen LogP contribution in [-0.4, -0.2) is 20.8 Å². The van der Waals surface area contributed by atoms with Gasteiger partial charge in [-0.1, -0.05) is 12.8 Å². The molecule has 0 amide bonds. The van der Waals surface area contributed by atoms with E-state index in [-0.39, 0.29) is 4.75 Å². The summed E-state index contributed by atoms with van der Waals surface area (Å²) in [7, 11) is -0.734. The molecule has 1 aliphatic carbocycles. The predicted octanol–water partition coefficient (Wildman–Crippen LogP) is 2.05. The van der Waals surface area contributed by atoms with E-state index >= 15 is 0 Å². The van der Waals surface area contributed by atoms with Crippen molar-refractivity contribution in [2.24, 2.45) is 11.7 Å². The fourth-order valence-corrected chi connectivity index (χ4v) is 4.06. The lowest BCUT2D eigenvalue weighted by molar-refractivity contribution is 0.369. The monoisotopic (exact) mass is 217 g/mol. The average molecular weight is 217 g/mol. The first-order chi connectivity index (χ1) is 6.46. The van der Waals surface area contributed by atoms with E-state index in [2.05, 4.69) is 20.8 Å². The number of hydrogen-bond acceptors (Lipinski definition) is 2. The van der Waals surface area contributed by atoms with E-state index in [0.29, 0.717) is 17.7 Å². The molecule has 3 heteroatoms. The molecule has 0 aromatic heterocycles. The molecule has 3 atom stereocenters. The van der Waals surface area contributed by atoms with Gasteiger partial charge in [-0.15, -0.1) is 0 Å². The van der Waals surface area contributed by atoms with Gasteiger partial charge in [-0.25, -0.2) is 0 Å². The van der Waals surface area contributed by atoms with E-state index in [1.807, 2.05) is 0 Å². The summed E-state index contributed by atoms with van der Waals surface area (Å²) in [5.41, 5.74) is 5.74. The molecule has 1 saturated carbocycles. The van der Waals surface area contributed by atoms with Crippen LogP contribution in [0.25, 0.3) is 0 Å². The van der Waals surface area contributed by atoms with Gasteiger partial charge in [-0.2, -0.15) is 0 Å². The summed E-state index contributed by atoms with van der Waals surface area (Å²) < 4.78 is 12.2. The maximum absolute atomic E-state index is 12.2. The van der Waals surface area contributed by atoms with Crippen LogP contribution in [0.2, 0.25) is 0 Å². The van der Waals surface area contributed by atoms with Crippen LogP contribution < -0.4 is 5.73 Å². The van der Waals surface area contributed by atoms with Gasteiger partial charge in [0.25, 0.3) is 0 Å². The van der Waals surface area contributed by atoms with Crippen molar-refractivity contribution in [2.45, 2.75) is 56.5 Å². The Kier molecular flexibility index (Phi) is 4.14. The third kappa shape index (κ3) is 2.80. The average Bonchev–Trinajstić information content (AvgIpc) is 2.15. The third-order valence-corrected chi connectivity index (χ3v) is 5.40. The smallest absolute Gasteiger partial charge is 0.0393 e. The summed E-state index contributed by atoms with van der Waals surface area (Å²) in [6.45, 7) is 6.88. The molecule has 84 valence electrons. The highest BCUT2D eigenvalue weighted by Crippen LogP contribution is 2.31. The van der Waals surface area contributed by atoms with E-state index in [9.17, 15) is 4.21 Å². The van der Waals surface area contributed by atoms with E-state index in [1.165, 1.54) is 19.3 Å². The number of nitrogens with two attached hydrogens (primary N) is 1. The Bertz CT molecular complexity index is 210. The largest absolute Gasteiger partial charge is 0.330 e. The highest BCUT2D eigenvalue weighted by Gasteiger charge is 2.34. The Morgan fingerprint density at radius 3 is 2.36 bits per heavy atom. The van der Waals surface area contributed by atoms with Crippen LogP contribution in [0, 0.1) is 5.92 Å². The molecule has 0 heterocycles. The summed E-state index contributed by atoms with van der Waals surface area (Å²) in [6.07, 6.45) is 4.76. The van der Waals surface area contributed by atoms with Gasteiger partial charge in [0.2, 0.25) is 0 Å². The van der Waals surface area contributed by atoms with Gasteiger partial charge in [0.05, 0.1) is 0 Å². The van der Waals surface area contributed by atoms with Crippen molar-refractivity contribution in [2.75, 3.05) is 6.54 Å². The van der Waals surface area contributed by atoms with Gasteiger partial charge in [-0.05, 0) is 46.1 Å². The highest BCUT2D eigenvalue weighted by atomic mass is 32.2. The zero-order chi connectivity index (χ0) is 10.8. The number of hydrogen-bond donors (Lipinski definition) is 1. The fraction of sp³-hybridized carbons (Fsp3) is 1.00. The quantitative estimate of drug-likeness (QED) is 0.769. The van der Waals surface area contributed by atoms with Gasteiger partial charge in [-0.3, -0.25) is 4.21 Å². The molecular weight excluding hydrogens is 194 g/mol. The minimum Gasteiger partial charge on any atom is -0.330 e. The fourth-order valence-electron chi connectivity index (χ4n) is 2.18. The Morgan fingerprint density at radius 1 is 1.29 bits per heavy atom. The molecule has 0 aliphatic heterocycles. The lowest BCUT2D eigenvalue weighted by atomic mass is 9.89. The SMILES string of the molecule is CC(C)(C)S(=O)C1CCCCC1CN. The van der Waals surface area contributed by atoms with Crippen molar-refractivity contribution >= 4 is 10.8 Å². The summed E-state index contributed by atoms with van der Waals surface area (Å²) >= 11 is 0. The molecular formula is C11H23NOS. The van der Waals surface area contributed by atoms with Gasteiger partial charge in [0, 0.05) is 20.8 Å². The summed E-state index contributed by atoms with van der Waals surface area (Å²) in [4.78, 5) is 0. The van der Waals surface area contributed by atoms with Gasteiger partial charge in [0.15, 0.2) is 0 Å². The second-order valence-electron chi connectivity index (χ2n) is 5.23. The predicted molar refractivity (Wildman–Crippen MR) is 62.7 cm³/mol. The first-order valence-corrected chi connectivity index (χ1v) is 6.79. The maximum atomic E-state index is 12.2. The second kappa shape index (κ2) is 4.75. The molecule has 0 spiro atoms. The zero-order valence-electron chi connectivity index (χ0n) is 9.58. The van der Waals surface area contributed by atoms with E-state index in [4.69, 9.17) is 5.73 Å². The first-order valence-electron chi connectivity index (χ1n) is 5.57. The molecule has 2 nitrogen and oxygen atoms in total. The van der Waals surface area contributed by atoms with Crippen LogP contribution >= 0.6 is 0 Å². The minimum absolute atomic E-state index is 0.0879. The lowest BCUT2D eigenvalue weighted by Gasteiger charge is -2.34. The summed E-state index contributed by atoms with van der Waals surface area (Å²) in [5.74, 6) is 0.490. The lowest BCUT2D eigenvalue weighted by Crippen LogP contribution is -2.40. The van der Waals surface area contributed by atoms with E-state index in [0.717, 1.165) is 6.42 Å². The highest BCUT2D eigenvalue weighted by molar-refractivity contribution is 7.87. The molecule has 0 aromatic carbocycles. The van der Waals surface area contributed by atoms with Crippen LogP contribution in [0.1, 0.15) is 46.5 Å². The molecule has 3 unspecified atom stereocenters. The van der Waals surface area contributed by atoms with Crippen molar-refractivity contribution in [1.82, 2.24) is 0 Å². The molecule has 2 N–H and O–H groups in total. The molecule has 1 aliphatic rings.